The molecule has 2 rings (SSSR count). The van der Waals surface area contributed by atoms with Crippen LogP contribution in [0.1, 0.15) is 39.0 Å². The monoisotopic (exact) mass is 183 g/mol. The maximum atomic E-state index is 9.12. The van der Waals surface area contributed by atoms with E-state index in [1.165, 1.54) is 32.1 Å². The van der Waals surface area contributed by atoms with Crippen molar-refractivity contribution in [3.8, 4) is 0 Å². The summed E-state index contributed by atoms with van der Waals surface area (Å²) < 4.78 is 0. The molecule has 0 spiro atoms. The van der Waals surface area contributed by atoms with E-state index in [0.717, 1.165) is 12.5 Å². The normalized spacial score (nSPS) is 27.2. The van der Waals surface area contributed by atoms with Crippen molar-refractivity contribution in [2.75, 3.05) is 13.2 Å². The van der Waals surface area contributed by atoms with Crippen LogP contribution in [0, 0.1) is 11.3 Å². The molecule has 2 aliphatic rings. The first-order valence-electron chi connectivity index (χ1n) is 5.58. The summed E-state index contributed by atoms with van der Waals surface area (Å²) in [6.07, 6.45) is 6.65. The SMILES string of the molecule is CC(CC1CC1)NCC1(CO)CC1. The smallest absolute Gasteiger partial charge is 0.0499 e. The summed E-state index contributed by atoms with van der Waals surface area (Å²) >= 11 is 0. The molecular weight excluding hydrogens is 162 g/mol. The average Bonchev–Trinajstić information content (AvgIpc) is 2.98. The van der Waals surface area contributed by atoms with E-state index in [-0.39, 0.29) is 5.41 Å². The molecule has 13 heavy (non-hydrogen) atoms. The minimum atomic E-state index is 0.276. The highest BCUT2D eigenvalue weighted by molar-refractivity contribution is 4.95. The van der Waals surface area contributed by atoms with Crippen molar-refractivity contribution in [1.82, 2.24) is 5.32 Å². The van der Waals surface area contributed by atoms with Crippen LogP contribution < -0.4 is 5.32 Å². The van der Waals surface area contributed by atoms with Crippen LogP contribution in [0.25, 0.3) is 0 Å². The van der Waals surface area contributed by atoms with Crippen LogP contribution in [0.15, 0.2) is 0 Å². The molecule has 0 aliphatic heterocycles. The quantitative estimate of drug-likeness (QED) is 0.654. The lowest BCUT2D eigenvalue weighted by atomic mass is 10.1. The molecule has 2 heteroatoms. The zero-order chi connectivity index (χ0) is 9.31. The zero-order valence-corrected chi connectivity index (χ0v) is 8.55. The molecule has 0 aromatic carbocycles. The Morgan fingerprint density at radius 1 is 1.46 bits per heavy atom. The van der Waals surface area contributed by atoms with Gasteiger partial charge in [0.2, 0.25) is 0 Å². The first kappa shape index (κ1) is 9.47. The molecule has 2 aliphatic carbocycles. The number of aliphatic hydroxyl groups is 1. The van der Waals surface area contributed by atoms with Gasteiger partial charge in [-0.3, -0.25) is 0 Å². The first-order valence-corrected chi connectivity index (χ1v) is 5.58. The Labute approximate surface area is 80.7 Å². The van der Waals surface area contributed by atoms with Gasteiger partial charge in [0.05, 0.1) is 0 Å². The minimum Gasteiger partial charge on any atom is -0.396 e. The largest absolute Gasteiger partial charge is 0.396 e. The van der Waals surface area contributed by atoms with Crippen molar-refractivity contribution >= 4 is 0 Å². The second-order valence-corrected chi connectivity index (χ2v) is 5.12. The van der Waals surface area contributed by atoms with E-state index < -0.39 is 0 Å². The van der Waals surface area contributed by atoms with Crippen LogP contribution in [0.4, 0.5) is 0 Å². The highest BCUT2D eigenvalue weighted by atomic mass is 16.3. The Hall–Kier alpha value is -0.0800. The van der Waals surface area contributed by atoms with Gasteiger partial charge in [0.1, 0.15) is 0 Å². The van der Waals surface area contributed by atoms with Crippen molar-refractivity contribution < 1.29 is 5.11 Å². The molecule has 2 nitrogen and oxygen atoms in total. The number of nitrogens with one attached hydrogen (secondary N) is 1. The van der Waals surface area contributed by atoms with Crippen LogP contribution in [-0.4, -0.2) is 24.3 Å². The molecule has 76 valence electrons. The lowest BCUT2D eigenvalue weighted by molar-refractivity contribution is 0.203. The van der Waals surface area contributed by atoms with Gasteiger partial charge >= 0.3 is 0 Å². The fourth-order valence-corrected chi connectivity index (χ4v) is 1.90. The fraction of sp³-hybridized carbons (Fsp3) is 1.00. The van der Waals surface area contributed by atoms with E-state index in [2.05, 4.69) is 12.2 Å². The van der Waals surface area contributed by atoms with Crippen LogP contribution in [0.3, 0.4) is 0 Å². The van der Waals surface area contributed by atoms with Gasteiger partial charge in [-0.2, -0.15) is 0 Å². The number of aliphatic hydroxyl groups excluding tert-OH is 1. The van der Waals surface area contributed by atoms with E-state index in [4.69, 9.17) is 5.11 Å². The molecule has 2 saturated carbocycles. The summed E-state index contributed by atoms with van der Waals surface area (Å²) in [4.78, 5) is 0. The highest BCUT2D eigenvalue weighted by Gasteiger charge is 2.41. The molecule has 1 unspecified atom stereocenters. The summed E-state index contributed by atoms with van der Waals surface area (Å²) in [6.45, 7) is 3.67. The standard InChI is InChI=1S/C11H21NO/c1-9(6-10-2-3-10)12-7-11(8-13)4-5-11/h9-10,12-13H,2-8H2,1H3. The van der Waals surface area contributed by atoms with Gasteiger partial charge < -0.3 is 10.4 Å². The maximum absolute atomic E-state index is 9.12. The Kier molecular flexibility index (Phi) is 2.61. The van der Waals surface area contributed by atoms with E-state index in [1.807, 2.05) is 0 Å². The van der Waals surface area contributed by atoms with Gasteiger partial charge in [-0.1, -0.05) is 12.8 Å². The molecular formula is C11H21NO. The Balaban J connectivity index is 1.60. The molecule has 0 aromatic rings. The minimum absolute atomic E-state index is 0.276. The van der Waals surface area contributed by atoms with Gasteiger partial charge in [-0.25, -0.2) is 0 Å². The second-order valence-electron chi connectivity index (χ2n) is 5.12. The van der Waals surface area contributed by atoms with Crippen LogP contribution in [0.5, 0.6) is 0 Å². The van der Waals surface area contributed by atoms with Crippen LogP contribution in [0.2, 0.25) is 0 Å². The lowest BCUT2D eigenvalue weighted by Crippen LogP contribution is -2.33. The summed E-state index contributed by atoms with van der Waals surface area (Å²) in [5.41, 5.74) is 0.276. The van der Waals surface area contributed by atoms with Gasteiger partial charge in [-0.05, 0) is 32.1 Å². The third-order valence-corrected chi connectivity index (χ3v) is 3.50. The van der Waals surface area contributed by atoms with Crippen molar-refractivity contribution in [2.24, 2.45) is 11.3 Å². The Morgan fingerprint density at radius 2 is 2.15 bits per heavy atom. The summed E-state index contributed by atoms with van der Waals surface area (Å²) in [5.74, 6) is 1.01. The van der Waals surface area contributed by atoms with Crippen molar-refractivity contribution in [2.45, 2.75) is 45.1 Å². The van der Waals surface area contributed by atoms with Crippen molar-refractivity contribution in [3.05, 3.63) is 0 Å². The van der Waals surface area contributed by atoms with E-state index in [9.17, 15) is 0 Å². The number of rotatable bonds is 6. The predicted molar refractivity (Wildman–Crippen MR) is 53.6 cm³/mol. The first-order chi connectivity index (χ1) is 6.24. The predicted octanol–water partition coefficient (Wildman–Crippen LogP) is 1.54. The van der Waals surface area contributed by atoms with E-state index >= 15 is 0 Å². The van der Waals surface area contributed by atoms with Gasteiger partial charge in [0.15, 0.2) is 0 Å². The average molecular weight is 183 g/mol. The summed E-state index contributed by atoms with van der Waals surface area (Å²) in [6, 6.07) is 0.650. The number of hydrogen-bond donors (Lipinski definition) is 2. The molecule has 0 heterocycles. The van der Waals surface area contributed by atoms with Gasteiger partial charge in [0.25, 0.3) is 0 Å². The second kappa shape index (κ2) is 3.58. The van der Waals surface area contributed by atoms with Gasteiger partial charge in [0, 0.05) is 24.6 Å². The highest BCUT2D eigenvalue weighted by Crippen LogP contribution is 2.44. The van der Waals surface area contributed by atoms with E-state index in [0.29, 0.717) is 12.6 Å². The molecule has 0 radical (unpaired) electrons. The third-order valence-electron chi connectivity index (χ3n) is 3.50. The van der Waals surface area contributed by atoms with E-state index in [1.54, 1.807) is 0 Å². The molecule has 0 bridgehead atoms. The summed E-state index contributed by atoms with van der Waals surface area (Å²) in [7, 11) is 0. The molecule has 2 fully saturated rings. The molecule has 2 N–H and O–H groups in total. The molecule has 0 saturated heterocycles. The molecule has 0 aromatic heterocycles. The Bertz CT molecular complexity index is 173. The number of hydrogen-bond acceptors (Lipinski definition) is 2. The molecule has 1 atom stereocenters. The lowest BCUT2D eigenvalue weighted by Gasteiger charge is -2.18. The maximum Gasteiger partial charge on any atom is 0.0499 e. The Morgan fingerprint density at radius 3 is 2.62 bits per heavy atom. The van der Waals surface area contributed by atoms with Crippen molar-refractivity contribution in [1.29, 1.82) is 0 Å². The van der Waals surface area contributed by atoms with Crippen molar-refractivity contribution in [3.63, 3.8) is 0 Å². The third kappa shape index (κ3) is 2.68. The summed E-state index contributed by atoms with van der Waals surface area (Å²) in [5, 5.41) is 12.7. The van der Waals surface area contributed by atoms with Gasteiger partial charge in [-0.15, -0.1) is 0 Å². The molecule has 0 amide bonds. The fourth-order valence-electron chi connectivity index (χ4n) is 1.90. The topological polar surface area (TPSA) is 32.3 Å². The van der Waals surface area contributed by atoms with Crippen LogP contribution in [-0.2, 0) is 0 Å². The zero-order valence-electron chi connectivity index (χ0n) is 8.55. The van der Waals surface area contributed by atoms with Crippen LogP contribution >= 0.6 is 0 Å².